The highest BCUT2D eigenvalue weighted by molar-refractivity contribution is 5.92. The molecule has 1 N–H and O–H groups in total. The molecule has 5 nitrogen and oxygen atoms in total. The number of halogens is 3. The minimum Gasteiger partial charge on any atom is -0.379 e. The highest BCUT2D eigenvalue weighted by Crippen LogP contribution is 2.30. The van der Waals surface area contributed by atoms with Gasteiger partial charge in [0.2, 0.25) is 5.91 Å². The second-order valence-corrected chi connectivity index (χ2v) is 6.78. The van der Waals surface area contributed by atoms with Crippen molar-refractivity contribution in [2.24, 2.45) is 0 Å². The average Bonchev–Trinajstić information content (AvgIpc) is 2.62. The molecule has 2 heterocycles. The molecule has 2 aliphatic rings. The normalized spacial score (nSPS) is 20.9. The van der Waals surface area contributed by atoms with Gasteiger partial charge in [-0.25, -0.2) is 0 Å². The SMILES string of the molecule is O=C(CN1CCC(N2CCOCC2)CC1)Nc1cccc(C(F)(F)F)c1. The minimum absolute atomic E-state index is 0.174. The van der Waals surface area contributed by atoms with E-state index in [1.54, 1.807) is 0 Å². The van der Waals surface area contributed by atoms with Crippen LogP contribution < -0.4 is 5.32 Å². The number of carbonyl (C=O) groups is 1. The Balaban J connectivity index is 1.46. The number of morpholine rings is 1. The van der Waals surface area contributed by atoms with E-state index in [4.69, 9.17) is 4.74 Å². The predicted molar refractivity (Wildman–Crippen MR) is 91.9 cm³/mol. The molecule has 2 saturated heterocycles. The molecule has 26 heavy (non-hydrogen) atoms. The summed E-state index contributed by atoms with van der Waals surface area (Å²) in [6, 6.07) is 5.25. The lowest BCUT2D eigenvalue weighted by molar-refractivity contribution is -0.137. The van der Waals surface area contributed by atoms with E-state index in [2.05, 4.69) is 15.1 Å². The first-order valence-electron chi connectivity index (χ1n) is 8.93. The molecule has 0 atom stereocenters. The van der Waals surface area contributed by atoms with E-state index in [-0.39, 0.29) is 18.1 Å². The minimum atomic E-state index is -4.41. The van der Waals surface area contributed by atoms with Crippen LogP contribution in [0.25, 0.3) is 0 Å². The number of benzene rings is 1. The van der Waals surface area contributed by atoms with Gasteiger partial charge < -0.3 is 10.1 Å². The summed E-state index contributed by atoms with van der Waals surface area (Å²) in [5.41, 5.74) is -0.588. The first kappa shape index (κ1) is 19.1. The van der Waals surface area contributed by atoms with Gasteiger partial charge in [0, 0.05) is 37.9 Å². The van der Waals surface area contributed by atoms with Gasteiger partial charge in [-0.1, -0.05) is 6.07 Å². The number of nitrogens with zero attached hydrogens (tertiary/aromatic N) is 2. The molecule has 8 heteroatoms. The standard InChI is InChI=1S/C18H24F3N3O2/c19-18(20,21)14-2-1-3-15(12-14)22-17(25)13-23-6-4-16(5-7-23)24-8-10-26-11-9-24/h1-3,12,16H,4-11,13H2,(H,22,25). The monoisotopic (exact) mass is 371 g/mol. The Bertz CT molecular complexity index is 610. The fourth-order valence-electron chi connectivity index (χ4n) is 3.56. The van der Waals surface area contributed by atoms with Crippen LogP contribution in [0.15, 0.2) is 24.3 Å². The average molecular weight is 371 g/mol. The van der Waals surface area contributed by atoms with Gasteiger partial charge in [0.25, 0.3) is 0 Å². The van der Waals surface area contributed by atoms with Crippen molar-refractivity contribution in [1.29, 1.82) is 0 Å². The van der Waals surface area contributed by atoms with Gasteiger partial charge in [-0.15, -0.1) is 0 Å². The molecule has 0 radical (unpaired) electrons. The van der Waals surface area contributed by atoms with Crippen LogP contribution >= 0.6 is 0 Å². The first-order chi connectivity index (χ1) is 12.4. The number of anilines is 1. The molecule has 2 fully saturated rings. The summed E-state index contributed by atoms with van der Waals surface area (Å²) < 4.78 is 43.6. The molecule has 1 aromatic rings. The summed E-state index contributed by atoms with van der Waals surface area (Å²) in [7, 11) is 0. The predicted octanol–water partition coefficient (Wildman–Crippen LogP) is 2.44. The summed E-state index contributed by atoms with van der Waals surface area (Å²) in [5.74, 6) is -0.283. The maximum Gasteiger partial charge on any atom is 0.416 e. The Morgan fingerprint density at radius 3 is 2.50 bits per heavy atom. The van der Waals surface area contributed by atoms with E-state index >= 15 is 0 Å². The van der Waals surface area contributed by atoms with Crippen molar-refractivity contribution in [1.82, 2.24) is 9.80 Å². The molecular formula is C18H24F3N3O2. The van der Waals surface area contributed by atoms with Crippen LogP contribution in [0, 0.1) is 0 Å². The summed E-state index contributed by atoms with van der Waals surface area (Å²) in [4.78, 5) is 16.7. The van der Waals surface area contributed by atoms with Crippen molar-refractivity contribution >= 4 is 11.6 Å². The van der Waals surface area contributed by atoms with Crippen molar-refractivity contribution in [2.75, 3.05) is 51.3 Å². The number of piperidine rings is 1. The van der Waals surface area contributed by atoms with Crippen LogP contribution in [-0.2, 0) is 15.7 Å². The Morgan fingerprint density at radius 1 is 1.15 bits per heavy atom. The van der Waals surface area contributed by atoms with Crippen molar-refractivity contribution < 1.29 is 22.7 Å². The van der Waals surface area contributed by atoms with Crippen LogP contribution in [0.3, 0.4) is 0 Å². The summed E-state index contributed by atoms with van der Waals surface area (Å²) >= 11 is 0. The molecule has 2 aliphatic heterocycles. The van der Waals surface area contributed by atoms with Crippen molar-refractivity contribution in [3.8, 4) is 0 Å². The molecule has 0 spiro atoms. The molecule has 0 bridgehead atoms. The third kappa shape index (κ3) is 5.18. The van der Waals surface area contributed by atoms with Crippen molar-refractivity contribution in [3.05, 3.63) is 29.8 Å². The van der Waals surface area contributed by atoms with Crippen molar-refractivity contribution in [3.63, 3.8) is 0 Å². The quantitative estimate of drug-likeness (QED) is 0.883. The second-order valence-electron chi connectivity index (χ2n) is 6.78. The van der Waals surface area contributed by atoms with E-state index in [1.807, 2.05) is 0 Å². The molecular weight excluding hydrogens is 347 g/mol. The number of likely N-dealkylation sites (tertiary alicyclic amines) is 1. The Hall–Kier alpha value is -1.64. The van der Waals surface area contributed by atoms with Crippen LogP contribution in [-0.4, -0.2) is 67.7 Å². The Labute approximate surface area is 151 Å². The number of alkyl halides is 3. The zero-order valence-electron chi connectivity index (χ0n) is 14.6. The largest absolute Gasteiger partial charge is 0.416 e. The van der Waals surface area contributed by atoms with Crippen LogP contribution in [0.4, 0.5) is 18.9 Å². The van der Waals surface area contributed by atoms with Gasteiger partial charge in [-0.05, 0) is 31.0 Å². The Morgan fingerprint density at radius 2 is 1.85 bits per heavy atom. The van der Waals surface area contributed by atoms with E-state index in [9.17, 15) is 18.0 Å². The lowest BCUT2D eigenvalue weighted by Crippen LogP contribution is -2.50. The summed E-state index contributed by atoms with van der Waals surface area (Å²) in [6.07, 6.45) is -2.42. The number of amides is 1. The van der Waals surface area contributed by atoms with Gasteiger partial charge in [0.1, 0.15) is 0 Å². The van der Waals surface area contributed by atoms with Gasteiger partial charge in [0.05, 0.1) is 25.3 Å². The van der Waals surface area contributed by atoms with E-state index in [0.29, 0.717) is 6.04 Å². The molecule has 0 unspecified atom stereocenters. The van der Waals surface area contributed by atoms with Crippen LogP contribution in [0.2, 0.25) is 0 Å². The van der Waals surface area contributed by atoms with E-state index in [1.165, 1.54) is 12.1 Å². The van der Waals surface area contributed by atoms with Gasteiger partial charge >= 0.3 is 6.18 Å². The first-order valence-corrected chi connectivity index (χ1v) is 8.93. The number of carbonyl (C=O) groups excluding carboxylic acids is 1. The lowest BCUT2D eigenvalue weighted by atomic mass is 10.0. The van der Waals surface area contributed by atoms with E-state index < -0.39 is 11.7 Å². The van der Waals surface area contributed by atoms with Crippen LogP contribution in [0.1, 0.15) is 18.4 Å². The third-order valence-electron chi connectivity index (χ3n) is 4.96. The number of ether oxygens (including phenoxy) is 1. The van der Waals surface area contributed by atoms with E-state index in [0.717, 1.165) is 64.4 Å². The molecule has 1 aromatic carbocycles. The third-order valence-corrected chi connectivity index (χ3v) is 4.96. The smallest absolute Gasteiger partial charge is 0.379 e. The van der Waals surface area contributed by atoms with Gasteiger partial charge in [-0.2, -0.15) is 13.2 Å². The summed E-state index contributed by atoms with van der Waals surface area (Å²) in [6.45, 7) is 5.31. The van der Waals surface area contributed by atoms with Crippen LogP contribution in [0.5, 0.6) is 0 Å². The topological polar surface area (TPSA) is 44.8 Å². The van der Waals surface area contributed by atoms with Crippen molar-refractivity contribution in [2.45, 2.75) is 25.1 Å². The zero-order valence-corrected chi connectivity index (χ0v) is 14.6. The zero-order chi connectivity index (χ0) is 18.6. The lowest BCUT2D eigenvalue weighted by Gasteiger charge is -2.39. The highest BCUT2D eigenvalue weighted by atomic mass is 19.4. The molecule has 0 saturated carbocycles. The molecule has 0 aromatic heterocycles. The second kappa shape index (κ2) is 8.37. The highest BCUT2D eigenvalue weighted by Gasteiger charge is 2.30. The number of rotatable bonds is 4. The maximum absolute atomic E-state index is 12.7. The number of hydrogen-bond acceptors (Lipinski definition) is 4. The maximum atomic E-state index is 12.7. The molecule has 0 aliphatic carbocycles. The molecule has 144 valence electrons. The van der Waals surface area contributed by atoms with Gasteiger partial charge in [-0.3, -0.25) is 14.6 Å². The fourth-order valence-corrected chi connectivity index (χ4v) is 3.56. The summed E-state index contributed by atoms with van der Waals surface area (Å²) in [5, 5.41) is 2.57. The number of nitrogens with one attached hydrogen (secondary N) is 1. The molecule has 1 amide bonds. The van der Waals surface area contributed by atoms with Gasteiger partial charge in [0.15, 0.2) is 0 Å². The fraction of sp³-hybridized carbons (Fsp3) is 0.611. The number of hydrogen-bond donors (Lipinski definition) is 1. The molecule has 3 rings (SSSR count). The Kier molecular flexibility index (Phi) is 6.16.